The van der Waals surface area contributed by atoms with Crippen LogP contribution >= 0.6 is 0 Å². The quantitative estimate of drug-likeness (QED) is 0.781. The average Bonchev–Trinajstić information content (AvgIpc) is 2.51. The summed E-state index contributed by atoms with van der Waals surface area (Å²) < 4.78 is 34.2. The largest absolute Gasteiger partial charge is 0.465 e. The summed E-state index contributed by atoms with van der Waals surface area (Å²) >= 11 is 0. The van der Waals surface area contributed by atoms with Gasteiger partial charge in [0.25, 0.3) is 0 Å². The molecule has 110 valence electrons. The zero-order chi connectivity index (χ0) is 15.3. The van der Waals surface area contributed by atoms with Crippen molar-refractivity contribution in [1.82, 2.24) is 0 Å². The molecule has 1 aromatic carbocycles. The van der Waals surface area contributed by atoms with Crippen LogP contribution in [0.5, 0.6) is 0 Å². The molecule has 20 heavy (non-hydrogen) atoms. The molecule has 0 N–H and O–H groups in total. The van der Waals surface area contributed by atoms with Crippen LogP contribution < -0.4 is 0 Å². The van der Waals surface area contributed by atoms with Crippen LogP contribution in [0.25, 0.3) is 0 Å². The van der Waals surface area contributed by atoms with Crippen molar-refractivity contribution < 1.29 is 22.7 Å². The minimum Gasteiger partial charge on any atom is -0.465 e. The second-order valence-electron chi connectivity index (χ2n) is 5.42. The molecule has 0 saturated heterocycles. The predicted octanol–water partition coefficient (Wildman–Crippen LogP) is 2.04. The molecule has 2 rings (SSSR count). The lowest BCUT2D eigenvalue weighted by Gasteiger charge is -2.24. The van der Waals surface area contributed by atoms with Crippen molar-refractivity contribution in [2.45, 2.75) is 36.5 Å². The van der Waals surface area contributed by atoms with Gasteiger partial charge < -0.3 is 9.47 Å². The highest BCUT2D eigenvalue weighted by molar-refractivity contribution is 7.93. The van der Waals surface area contributed by atoms with Crippen LogP contribution in [0.2, 0.25) is 0 Å². The zero-order valence-corrected chi connectivity index (χ0v) is 13.0. The number of fused-ring (bicyclic) bond motifs is 1. The van der Waals surface area contributed by atoms with E-state index in [1.165, 1.54) is 20.3 Å². The van der Waals surface area contributed by atoms with E-state index in [0.717, 1.165) is 0 Å². The molecule has 0 bridgehead atoms. The number of benzene rings is 1. The summed E-state index contributed by atoms with van der Waals surface area (Å²) in [6.07, 6.45) is -0.548. The summed E-state index contributed by atoms with van der Waals surface area (Å²) in [6.45, 7) is 5.00. The van der Waals surface area contributed by atoms with Gasteiger partial charge in [-0.25, -0.2) is 13.2 Å². The highest BCUT2D eigenvalue weighted by Crippen LogP contribution is 2.49. The van der Waals surface area contributed by atoms with Crippen molar-refractivity contribution in [3.8, 4) is 0 Å². The van der Waals surface area contributed by atoms with Crippen molar-refractivity contribution in [1.29, 1.82) is 0 Å². The molecule has 1 aromatic rings. The van der Waals surface area contributed by atoms with E-state index in [2.05, 4.69) is 4.74 Å². The number of aryl methyl sites for hydroxylation is 1. The van der Waals surface area contributed by atoms with E-state index in [0.29, 0.717) is 11.1 Å². The number of carbonyl (C=O) groups excluding carboxylic acids is 1. The van der Waals surface area contributed by atoms with Gasteiger partial charge in [0.2, 0.25) is 0 Å². The summed E-state index contributed by atoms with van der Waals surface area (Å²) in [5, 5.41) is 0. The molecule has 1 heterocycles. The highest BCUT2D eigenvalue weighted by Gasteiger charge is 2.52. The first kappa shape index (κ1) is 15.0. The van der Waals surface area contributed by atoms with Gasteiger partial charge >= 0.3 is 5.97 Å². The van der Waals surface area contributed by atoms with Crippen LogP contribution in [-0.4, -0.2) is 33.4 Å². The van der Waals surface area contributed by atoms with Gasteiger partial charge in [0.05, 0.1) is 17.6 Å². The van der Waals surface area contributed by atoms with Gasteiger partial charge in [0, 0.05) is 12.7 Å². The fourth-order valence-corrected chi connectivity index (χ4v) is 4.51. The van der Waals surface area contributed by atoms with Gasteiger partial charge in [-0.3, -0.25) is 0 Å². The molecule has 0 fully saturated rings. The highest BCUT2D eigenvalue weighted by atomic mass is 32.2. The summed E-state index contributed by atoms with van der Waals surface area (Å²) in [6, 6.07) is 3.09. The number of hydrogen-bond acceptors (Lipinski definition) is 5. The molecule has 6 heteroatoms. The predicted molar refractivity (Wildman–Crippen MR) is 73.5 cm³/mol. The molecule has 0 aromatic heterocycles. The number of sulfone groups is 1. The molecule has 1 aliphatic rings. The van der Waals surface area contributed by atoms with Crippen LogP contribution in [0.1, 0.15) is 41.4 Å². The molecule has 0 radical (unpaired) electrons. The van der Waals surface area contributed by atoms with Gasteiger partial charge in [-0.1, -0.05) is 6.07 Å². The third-order valence-electron chi connectivity index (χ3n) is 3.89. The average molecular weight is 298 g/mol. The summed E-state index contributed by atoms with van der Waals surface area (Å²) in [5.74, 6) is -0.542. The van der Waals surface area contributed by atoms with Gasteiger partial charge in [0.1, 0.15) is 10.9 Å². The van der Waals surface area contributed by atoms with Crippen LogP contribution in [0.15, 0.2) is 17.0 Å². The van der Waals surface area contributed by atoms with Gasteiger partial charge in [-0.15, -0.1) is 0 Å². The van der Waals surface area contributed by atoms with Gasteiger partial charge in [-0.05, 0) is 32.4 Å². The Hall–Kier alpha value is -1.40. The molecular weight excluding hydrogens is 280 g/mol. The summed E-state index contributed by atoms with van der Waals surface area (Å²) in [5.41, 5.74) is 1.54. The standard InChI is InChI=1S/C14H18O5S/c1-8-6-10-11(7-9(8)13(15)19-5)20(16,17)14(2,3)12(10)18-4/h6-7,12H,1-5H3. The molecule has 0 aliphatic carbocycles. The van der Waals surface area contributed by atoms with Crippen LogP contribution in [-0.2, 0) is 19.3 Å². The van der Waals surface area contributed by atoms with E-state index < -0.39 is 26.7 Å². The molecule has 1 unspecified atom stereocenters. The first-order valence-corrected chi connectivity index (χ1v) is 7.67. The fourth-order valence-electron chi connectivity index (χ4n) is 2.69. The minimum absolute atomic E-state index is 0.153. The van der Waals surface area contributed by atoms with Gasteiger partial charge in [-0.2, -0.15) is 0 Å². The molecule has 5 nitrogen and oxygen atoms in total. The Labute approximate surface area is 118 Å². The Balaban J connectivity index is 2.77. The fraction of sp³-hybridized carbons (Fsp3) is 0.500. The lowest BCUT2D eigenvalue weighted by atomic mass is 9.95. The maximum Gasteiger partial charge on any atom is 0.338 e. The molecule has 0 spiro atoms. The summed E-state index contributed by atoms with van der Waals surface area (Å²) in [7, 11) is -0.803. The van der Waals surface area contributed by atoms with Crippen molar-refractivity contribution in [2.24, 2.45) is 0 Å². The van der Waals surface area contributed by atoms with Crippen LogP contribution in [0.3, 0.4) is 0 Å². The Kier molecular flexibility index (Phi) is 3.42. The SMILES string of the molecule is COC(=O)c1cc2c(cc1C)C(OC)C(C)(C)S2(=O)=O. The Bertz CT molecular complexity index is 673. The molecule has 1 aliphatic heterocycles. The number of carbonyl (C=O) groups is 1. The van der Waals surface area contributed by atoms with E-state index in [9.17, 15) is 13.2 Å². The second-order valence-corrected chi connectivity index (χ2v) is 7.92. The maximum atomic E-state index is 12.6. The molecular formula is C14H18O5S. The van der Waals surface area contributed by atoms with Crippen molar-refractivity contribution in [3.63, 3.8) is 0 Å². The van der Waals surface area contributed by atoms with Gasteiger partial charge in [0.15, 0.2) is 9.84 Å². The second kappa shape index (κ2) is 4.56. The lowest BCUT2D eigenvalue weighted by molar-refractivity contribution is 0.0598. The first-order chi connectivity index (χ1) is 9.18. The normalized spacial score (nSPS) is 22.4. The van der Waals surface area contributed by atoms with Crippen molar-refractivity contribution in [3.05, 3.63) is 28.8 Å². The monoisotopic (exact) mass is 298 g/mol. The molecule has 0 amide bonds. The zero-order valence-electron chi connectivity index (χ0n) is 12.2. The number of ether oxygens (including phenoxy) is 2. The van der Waals surface area contributed by atoms with Crippen molar-refractivity contribution >= 4 is 15.8 Å². The summed E-state index contributed by atoms with van der Waals surface area (Å²) in [4.78, 5) is 11.9. The Morgan fingerprint density at radius 2 is 1.85 bits per heavy atom. The molecule has 1 atom stereocenters. The third kappa shape index (κ3) is 1.78. The topological polar surface area (TPSA) is 69.7 Å². The maximum absolute atomic E-state index is 12.6. The lowest BCUT2D eigenvalue weighted by Crippen LogP contribution is -2.33. The molecule has 0 saturated carbocycles. The number of rotatable bonds is 2. The number of esters is 1. The Morgan fingerprint density at radius 3 is 2.35 bits per heavy atom. The van der Waals surface area contributed by atoms with Crippen LogP contribution in [0.4, 0.5) is 0 Å². The number of methoxy groups -OCH3 is 2. The van der Waals surface area contributed by atoms with E-state index in [1.807, 2.05) is 0 Å². The van der Waals surface area contributed by atoms with Crippen LogP contribution in [0, 0.1) is 6.92 Å². The van der Waals surface area contributed by atoms with E-state index in [4.69, 9.17) is 4.74 Å². The smallest absolute Gasteiger partial charge is 0.338 e. The van der Waals surface area contributed by atoms with E-state index in [1.54, 1.807) is 26.8 Å². The first-order valence-electron chi connectivity index (χ1n) is 6.18. The Morgan fingerprint density at radius 1 is 1.25 bits per heavy atom. The van der Waals surface area contributed by atoms with E-state index >= 15 is 0 Å². The third-order valence-corrected chi connectivity index (χ3v) is 6.43. The number of hydrogen-bond donors (Lipinski definition) is 0. The minimum atomic E-state index is -3.56. The van der Waals surface area contributed by atoms with E-state index in [-0.39, 0.29) is 10.5 Å². The van der Waals surface area contributed by atoms with Crippen molar-refractivity contribution in [2.75, 3.05) is 14.2 Å².